The molecule has 4 N–H and O–H groups in total. The Kier molecular flexibility index (Phi) is 10.9. The first kappa shape index (κ1) is 21.6. The van der Waals surface area contributed by atoms with Crippen LogP contribution in [0, 0.1) is 0 Å². The van der Waals surface area contributed by atoms with Crippen LogP contribution in [0.1, 0.15) is 40.5 Å². The van der Waals surface area contributed by atoms with Crippen molar-refractivity contribution in [3.05, 3.63) is 0 Å². The van der Waals surface area contributed by atoms with E-state index in [0.29, 0.717) is 18.1 Å². The molecule has 130 valence electrons. The lowest BCUT2D eigenvalue weighted by Gasteiger charge is -2.21. The van der Waals surface area contributed by atoms with E-state index >= 15 is 0 Å². The third-order valence-electron chi connectivity index (χ3n) is 2.33. The Morgan fingerprint density at radius 1 is 1.05 bits per heavy atom. The Bertz CT molecular complexity index is 348. The number of hydrogen-bond acceptors (Lipinski definition) is 8. The summed E-state index contributed by atoms with van der Waals surface area (Å²) in [6.07, 6.45) is 1.81. The van der Waals surface area contributed by atoms with Crippen molar-refractivity contribution < 1.29 is 19.1 Å². The minimum atomic E-state index is -0.690. The van der Waals surface area contributed by atoms with E-state index in [1.807, 2.05) is 6.92 Å². The molecule has 0 fully saturated rings. The highest BCUT2D eigenvalue weighted by atomic mass is 33.1. The van der Waals surface area contributed by atoms with Gasteiger partial charge in [-0.3, -0.25) is 9.59 Å². The summed E-state index contributed by atoms with van der Waals surface area (Å²) in [7, 11) is 2.79. The molecule has 0 radical (unpaired) electrons. The molecule has 0 aromatic rings. The molecule has 0 heterocycles. The van der Waals surface area contributed by atoms with Gasteiger partial charge in [0.2, 0.25) is 0 Å². The molecule has 0 saturated heterocycles. The molecule has 22 heavy (non-hydrogen) atoms. The summed E-state index contributed by atoms with van der Waals surface area (Å²) >= 11 is 0. The van der Waals surface area contributed by atoms with E-state index < -0.39 is 29.6 Å². The van der Waals surface area contributed by atoms with Crippen LogP contribution in [-0.4, -0.2) is 47.7 Å². The molecule has 0 aliphatic rings. The molecule has 0 aromatic heterocycles. The first-order chi connectivity index (χ1) is 10.2. The predicted octanol–water partition coefficient (Wildman–Crippen LogP) is 1.71. The predicted molar refractivity (Wildman–Crippen MR) is 92.6 cm³/mol. The third-order valence-corrected chi connectivity index (χ3v) is 4.81. The van der Waals surface area contributed by atoms with E-state index in [0.717, 1.165) is 12.8 Å². The molecule has 0 aromatic carbocycles. The summed E-state index contributed by atoms with van der Waals surface area (Å²) in [5.74, 6) is -0.00438. The molecule has 0 bridgehead atoms. The topological polar surface area (TPSA) is 105 Å². The zero-order valence-electron chi connectivity index (χ0n) is 13.8. The standard InChI is InChI=1S/C14H28N2O4S2/c1-5-6-7-19-12(17)10(15)8-21-22-9-11(16)13(18)20-14(2,3)4/h10-11H,5-9,15-16H2,1-4H3/t10-,11-/m0/s1. The van der Waals surface area contributed by atoms with Gasteiger partial charge in [-0.15, -0.1) is 0 Å². The summed E-state index contributed by atoms with van der Waals surface area (Å²) in [6, 6.07) is -1.35. The van der Waals surface area contributed by atoms with Crippen molar-refractivity contribution in [1.82, 2.24) is 0 Å². The second-order valence-electron chi connectivity index (χ2n) is 5.84. The second kappa shape index (κ2) is 11.2. The number of carbonyl (C=O) groups is 2. The summed E-state index contributed by atoms with van der Waals surface area (Å²) < 4.78 is 10.2. The van der Waals surface area contributed by atoms with Crippen LogP contribution in [0.25, 0.3) is 0 Å². The SMILES string of the molecule is CCCCOC(=O)[C@@H](N)CSSC[C@H](N)C(=O)OC(C)(C)C. The molecule has 0 amide bonds. The summed E-state index contributed by atoms with van der Waals surface area (Å²) in [5.41, 5.74) is 10.9. The number of rotatable bonds is 10. The number of carbonyl (C=O) groups excluding carboxylic acids is 2. The van der Waals surface area contributed by atoms with Gasteiger partial charge in [0, 0.05) is 11.5 Å². The zero-order chi connectivity index (χ0) is 17.2. The summed E-state index contributed by atoms with van der Waals surface area (Å²) in [5, 5.41) is 0. The first-order valence-electron chi connectivity index (χ1n) is 7.32. The molecule has 0 aliphatic heterocycles. The fourth-order valence-corrected chi connectivity index (χ4v) is 3.40. The van der Waals surface area contributed by atoms with Gasteiger partial charge < -0.3 is 20.9 Å². The minimum absolute atomic E-state index is 0.391. The van der Waals surface area contributed by atoms with Crippen molar-refractivity contribution in [1.29, 1.82) is 0 Å². The normalized spacial score (nSPS) is 14.3. The fraction of sp³-hybridized carbons (Fsp3) is 0.857. The van der Waals surface area contributed by atoms with Crippen LogP contribution in [0.3, 0.4) is 0 Å². The van der Waals surface area contributed by atoms with E-state index in [1.165, 1.54) is 21.6 Å². The Hall–Kier alpha value is -0.440. The third kappa shape index (κ3) is 11.2. The second-order valence-corrected chi connectivity index (χ2v) is 8.39. The van der Waals surface area contributed by atoms with Crippen LogP contribution < -0.4 is 11.5 Å². The van der Waals surface area contributed by atoms with E-state index in [2.05, 4.69) is 0 Å². The highest BCUT2D eigenvalue weighted by Gasteiger charge is 2.22. The van der Waals surface area contributed by atoms with Gasteiger partial charge >= 0.3 is 11.9 Å². The van der Waals surface area contributed by atoms with Crippen LogP contribution >= 0.6 is 21.6 Å². The minimum Gasteiger partial charge on any atom is -0.465 e. The van der Waals surface area contributed by atoms with E-state index in [1.54, 1.807) is 20.8 Å². The van der Waals surface area contributed by atoms with E-state index in [4.69, 9.17) is 20.9 Å². The molecule has 0 unspecified atom stereocenters. The van der Waals surface area contributed by atoms with Gasteiger partial charge in [0.05, 0.1) is 6.61 Å². The highest BCUT2D eigenvalue weighted by molar-refractivity contribution is 8.76. The lowest BCUT2D eigenvalue weighted by molar-refractivity contribution is -0.155. The Labute approximate surface area is 140 Å². The molecule has 8 heteroatoms. The lowest BCUT2D eigenvalue weighted by atomic mass is 10.2. The smallest absolute Gasteiger partial charge is 0.324 e. The lowest BCUT2D eigenvalue weighted by Crippen LogP contribution is -2.39. The van der Waals surface area contributed by atoms with Crippen LogP contribution in [0.2, 0.25) is 0 Å². The highest BCUT2D eigenvalue weighted by Crippen LogP contribution is 2.23. The quantitative estimate of drug-likeness (QED) is 0.348. The summed E-state index contributed by atoms with van der Waals surface area (Å²) in [4.78, 5) is 23.2. The fourth-order valence-electron chi connectivity index (χ4n) is 1.18. The molecule has 0 rings (SSSR count). The van der Waals surface area contributed by atoms with E-state index in [-0.39, 0.29) is 0 Å². The number of nitrogens with two attached hydrogens (primary N) is 2. The van der Waals surface area contributed by atoms with Crippen molar-refractivity contribution in [2.45, 2.75) is 58.2 Å². The molecular weight excluding hydrogens is 324 g/mol. The average molecular weight is 353 g/mol. The maximum atomic E-state index is 11.7. The van der Waals surface area contributed by atoms with Gasteiger partial charge in [-0.1, -0.05) is 34.9 Å². The van der Waals surface area contributed by atoms with Crippen molar-refractivity contribution >= 4 is 33.5 Å². The van der Waals surface area contributed by atoms with E-state index in [9.17, 15) is 9.59 Å². The largest absolute Gasteiger partial charge is 0.465 e. The Morgan fingerprint density at radius 2 is 1.55 bits per heavy atom. The molecule has 0 spiro atoms. The maximum absolute atomic E-state index is 11.7. The van der Waals surface area contributed by atoms with Crippen molar-refractivity contribution in [2.24, 2.45) is 11.5 Å². The Balaban J connectivity index is 3.82. The van der Waals surface area contributed by atoms with Gasteiger partial charge in [-0.25, -0.2) is 0 Å². The van der Waals surface area contributed by atoms with Crippen molar-refractivity contribution in [3.8, 4) is 0 Å². The van der Waals surface area contributed by atoms with Gasteiger partial charge in [-0.05, 0) is 27.2 Å². The van der Waals surface area contributed by atoms with Gasteiger partial charge in [0.1, 0.15) is 17.7 Å². The van der Waals surface area contributed by atoms with Crippen LogP contribution in [0.15, 0.2) is 0 Å². The van der Waals surface area contributed by atoms with Crippen LogP contribution in [0.4, 0.5) is 0 Å². The Morgan fingerprint density at radius 3 is 2.00 bits per heavy atom. The maximum Gasteiger partial charge on any atom is 0.324 e. The van der Waals surface area contributed by atoms with Gasteiger partial charge in [0.25, 0.3) is 0 Å². The average Bonchev–Trinajstić information content (AvgIpc) is 2.41. The molecule has 0 saturated carbocycles. The van der Waals surface area contributed by atoms with Crippen LogP contribution in [0.5, 0.6) is 0 Å². The zero-order valence-corrected chi connectivity index (χ0v) is 15.4. The van der Waals surface area contributed by atoms with Crippen molar-refractivity contribution in [2.75, 3.05) is 18.1 Å². The molecule has 6 nitrogen and oxygen atoms in total. The number of ether oxygens (including phenoxy) is 2. The number of hydrogen-bond donors (Lipinski definition) is 2. The molecular formula is C14H28N2O4S2. The first-order valence-corrected chi connectivity index (χ1v) is 9.81. The molecule has 0 aliphatic carbocycles. The molecule has 2 atom stereocenters. The number of unbranched alkanes of at least 4 members (excludes halogenated alkanes) is 1. The van der Waals surface area contributed by atoms with Crippen molar-refractivity contribution in [3.63, 3.8) is 0 Å². The number of esters is 2. The van der Waals surface area contributed by atoms with Gasteiger partial charge in [-0.2, -0.15) is 0 Å². The summed E-state index contributed by atoms with van der Waals surface area (Å²) in [6.45, 7) is 7.81. The van der Waals surface area contributed by atoms with Gasteiger partial charge in [0.15, 0.2) is 0 Å². The van der Waals surface area contributed by atoms with Crippen LogP contribution in [-0.2, 0) is 19.1 Å². The monoisotopic (exact) mass is 352 g/mol.